The first-order valence-electron chi connectivity index (χ1n) is 15.4. The van der Waals surface area contributed by atoms with Crippen LogP contribution in [0.3, 0.4) is 0 Å². The van der Waals surface area contributed by atoms with Crippen molar-refractivity contribution in [3.05, 3.63) is 96.1 Å². The van der Waals surface area contributed by atoms with Gasteiger partial charge in [0.05, 0.1) is 0 Å². The molecule has 7 rings (SSSR count). The maximum absolute atomic E-state index is 14.3. The van der Waals surface area contributed by atoms with Crippen LogP contribution in [0.5, 0.6) is 0 Å². The van der Waals surface area contributed by atoms with Crippen molar-refractivity contribution in [3.8, 4) is 0 Å². The number of carbonyl (C=O) groups excluding carboxylic acids is 2. The van der Waals surface area contributed by atoms with Crippen LogP contribution in [0.1, 0.15) is 43.2 Å². The zero-order valence-electron chi connectivity index (χ0n) is 23.8. The first-order valence-corrected chi connectivity index (χ1v) is 15.4. The van der Waals surface area contributed by atoms with Gasteiger partial charge in [-0.2, -0.15) is 0 Å². The van der Waals surface area contributed by atoms with Crippen LogP contribution in [0.15, 0.2) is 84.9 Å². The van der Waals surface area contributed by atoms with Gasteiger partial charge in [-0.15, -0.1) is 0 Å². The van der Waals surface area contributed by atoms with Gasteiger partial charge in [0.15, 0.2) is 0 Å². The number of hydrogen-bond acceptors (Lipinski definition) is 3. The van der Waals surface area contributed by atoms with Gasteiger partial charge in [0.2, 0.25) is 11.8 Å². The Morgan fingerprint density at radius 2 is 1.29 bits per heavy atom. The Morgan fingerprint density at radius 1 is 0.659 bits per heavy atom. The molecule has 2 saturated heterocycles. The van der Waals surface area contributed by atoms with E-state index >= 15 is 0 Å². The molecule has 0 aromatic heterocycles. The second kappa shape index (κ2) is 11.3. The fourth-order valence-electron chi connectivity index (χ4n) is 7.37. The van der Waals surface area contributed by atoms with Crippen LogP contribution in [-0.2, 0) is 22.6 Å². The average Bonchev–Trinajstić information content (AvgIpc) is 3.02. The van der Waals surface area contributed by atoms with E-state index in [1.54, 1.807) is 0 Å². The number of piperazine rings is 2. The van der Waals surface area contributed by atoms with Crippen molar-refractivity contribution >= 4 is 33.4 Å². The van der Waals surface area contributed by atoms with Gasteiger partial charge < -0.3 is 9.80 Å². The zero-order chi connectivity index (χ0) is 27.8. The van der Waals surface area contributed by atoms with Crippen molar-refractivity contribution in [1.29, 1.82) is 0 Å². The molecular weight excluding hydrogens is 506 g/mol. The van der Waals surface area contributed by atoms with Gasteiger partial charge in [0.25, 0.3) is 0 Å². The maximum Gasteiger partial charge on any atom is 0.247 e. The van der Waals surface area contributed by atoms with E-state index in [2.05, 4.69) is 89.8 Å². The number of amides is 2. The number of benzene rings is 4. The lowest BCUT2D eigenvalue weighted by Gasteiger charge is -2.50. The highest BCUT2D eigenvalue weighted by atomic mass is 16.2. The van der Waals surface area contributed by atoms with Gasteiger partial charge in [-0.25, -0.2) is 0 Å². The Kier molecular flexibility index (Phi) is 7.22. The number of fused-ring (bicyclic) bond motifs is 3. The molecule has 5 heteroatoms. The predicted molar refractivity (Wildman–Crippen MR) is 164 cm³/mol. The Labute approximate surface area is 242 Å². The van der Waals surface area contributed by atoms with E-state index in [1.807, 2.05) is 9.80 Å². The average molecular weight is 546 g/mol. The lowest BCUT2D eigenvalue weighted by atomic mass is 9.87. The third kappa shape index (κ3) is 5.36. The summed E-state index contributed by atoms with van der Waals surface area (Å²) in [7, 11) is 0. The van der Waals surface area contributed by atoms with Gasteiger partial charge >= 0.3 is 0 Å². The van der Waals surface area contributed by atoms with E-state index in [4.69, 9.17) is 0 Å². The molecule has 1 aliphatic carbocycles. The third-order valence-corrected chi connectivity index (χ3v) is 9.62. The summed E-state index contributed by atoms with van der Waals surface area (Å²) in [5.41, 5.74) is 2.37. The SMILES string of the molecule is O=C1C(Cc2ccc3ccccc3c2)N(CC2CCCCC2)C(=O)C2CN(Cc3ccc4ccccc4c3)CCN12. The molecule has 0 bridgehead atoms. The van der Waals surface area contributed by atoms with Crippen molar-refractivity contribution in [2.75, 3.05) is 26.2 Å². The van der Waals surface area contributed by atoms with E-state index in [0.29, 0.717) is 32.0 Å². The minimum Gasteiger partial charge on any atom is -0.328 e. The molecule has 1 saturated carbocycles. The molecule has 0 N–H and O–H groups in total. The van der Waals surface area contributed by atoms with Crippen molar-refractivity contribution < 1.29 is 9.59 Å². The lowest BCUT2D eigenvalue weighted by Crippen LogP contribution is -2.70. The molecule has 2 amide bonds. The topological polar surface area (TPSA) is 43.9 Å². The second-order valence-corrected chi connectivity index (χ2v) is 12.4. The maximum atomic E-state index is 14.3. The summed E-state index contributed by atoms with van der Waals surface area (Å²) in [6.45, 7) is 3.49. The van der Waals surface area contributed by atoms with Crippen LogP contribution >= 0.6 is 0 Å². The first-order chi connectivity index (χ1) is 20.1. The summed E-state index contributed by atoms with van der Waals surface area (Å²) in [6.07, 6.45) is 6.62. The molecule has 4 aromatic carbocycles. The van der Waals surface area contributed by atoms with Gasteiger partial charge in [-0.1, -0.05) is 98.1 Å². The molecular formula is C36H39N3O2. The normalized spacial score (nSPS) is 22.4. The summed E-state index contributed by atoms with van der Waals surface area (Å²) < 4.78 is 0. The van der Waals surface area contributed by atoms with Crippen LogP contribution in [0.4, 0.5) is 0 Å². The molecule has 4 aromatic rings. The van der Waals surface area contributed by atoms with Crippen LogP contribution in [0.2, 0.25) is 0 Å². The molecule has 210 valence electrons. The highest BCUT2D eigenvalue weighted by molar-refractivity contribution is 5.97. The molecule has 41 heavy (non-hydrogen) atoms. The number of rotatable bonds is 6. The molecule has 2 aliphatic heterocycles. The molecule has 0 spiro atoms. The third-order valence-electron chi connectivity index (χ3n) is 9.62. The molecule has 2 unspecified atom stereocenters. The zero-order valence-corrected chi connectivity index (χ0v) is 23.8. The standard InChI is InChI=1S/C36H39N3O2/c40-35-33(22-27-14-16-29-10-4-6-12-31(29)20-27)39(24-26-8-2-1-3-9-26)36(41)34-25-37(18-19-38(34)35)23-28-15-17-30-11-5-7-13-32(30)21-28/h4-7,10-17,20-21,26,33-34H,1-3,8-9,18-19,22-25H2. The summed E-state index contributed by atoms with van der Waals surface area (Å²) >= 11 is 0. The smallest absolute Gasteiger partial charge is 0.247 e. The Hall–Kier alpha value is -3.70. The van der Waals surface area contributed by atoms with Crippen molar-refractivity contribution in [3.63, 3.8) is 0 Å². The van der Waals surface area contributed by atoms with Crippen molar-refractivity contribution in [1.82, 2.24) is 14.7 Å². The van der Waals surface area contributed by atoms with Crippen LogP contribution in [0.25, 0.3) is 21.5 Å². The summed E-state index contributed by atoms with van der Waals surface area (Å²) in [4.78, 5) is 34.7. The van der Waals surface area contributed by atoms with Gasteiger partial charge in [0, 0.05) is 39.1 Å². The lowest BCUT2D eigenvalue weighted by molar-refractivity contribution is -0.166. The monoisotopic (exact) mass is 545 g/mol. The Bertz CT molecular complexity index is 1580. The van der Waals surface area contributed by atoms with E-state index in [0.717, 1.165) is 31.5 Å². The Balaban J connectivity index is 1.13. The van der Waals surface area contributed by atoms with Gasteiger partial charge in [0.1, 0.15) is 12.1 Å². The summed E-state index contributed by atoms with van der Waals surface area (Å²) in [6, 6.07) is 29.1. The van der Waals surface area contributed by atoms with Crippen molar-refractivity contribution in [2.24, 2.45) is 5.92 Å². The predicted octanol–water partition coefficient (Wildman–Crippen LogP) is 6.04. The fourth-order valence-corrected chi connectivity index (χ4v) is 7.37. The van der Waals surface area contributed by atoms with E-state index in [-0.39, 0.29) is 11.8 Å². The highest BCUT2D eigenvalue weighted by Crippen LogP contribution is 2.31. The molecule has 2 heterocycles. The van der Waals surface area contributed by atoms with E-state index in [9.17, 15) is 9.59 Å². The molecule has 5 nitrogen and oxygen atoms in total. The molecule has 3 aliphatic rings. The van der Waals surface area contributed by atoms with E-state index in [1.165, 1.54) is 46.4 Å². The van der Waals surface area contributed by atoms with Gasteiger partial charge in [-0.05, 0) is 57.5 Å². The minimum atomic E-state index is -0.422. The Morgan fingerprint density at radius 3 is 2.00 bits per heavy atom. The van der Waals surface area contributed by atoms with Crippen LogP contribution < -0.4 is 0 Å². The molecule has 3 fully saturated rings. The minimum absolute atomic E-state index is 0.129. The number of hydrogen-bond donors (Lipinski definition) is 0. The van der Waals surface area contributed by atoms with E-state index < -0.39 is 12.1 Å². The summed E-state index contributed by atoms with van der Waals surface area (Å²) in [5, 5.41) is 4.86. The van der Waals surface area contributed by atoms with Crippen molar-refractivity contribution in [2.45, 2.75) is 57.2 Å². The number of carbonyl (C=O) groups is 2. The first kappa shape index (κ1) is 26.2. The quantitative estimate of drug-likeness (QED) is 0.297. The molecule has 2 atom stereocenters. The number of nitrogens with zero attached hydrogens (tertiary/aromatic N) is 3. The largest absolute Gasteiger partial charge is 0.328 e. The summed E-state index contributed by atoms with van der Waals surface area (Å²) in [5.74, 6) is 0.761. The van der Waals surface area contributed by atoms with Gasteiger partial charge in [-0.3, -0.25) is 14.5 Å². The molecule has 0 radical (unpaired) electrons. The fraction of sp³-hybridized carbons (Fsp3) is 0.389. The second-order valence-electron chi connectivity index (χ2n) is 12.4. The van der Waals surface area contributed by atoms with Crippen LogP contribution in [-0.4, -0.2) is 64.8 Å². The highest BCUT2D eigenvalue weighted by Gasteiger charge is 2.48. The van der Waals surface area contributed by atoms with Crippen LogP contribution in [0, 0.1) is 5.92 Å².